The number of hydrogen-bond donors (Lipinski definition) is 1. The van der Waals surface area contributed by atoms with Crippen LogP contribution in [0.25, 0.3) is 0 Å². The Hall–Kier alpha value is -1.39. The summed E-state index contributed by atoms with van der Waals surface area (Å²) in [7, 11) is 1.61. The van der Waals surface area contributed by atoms with Crippen LogP contribution in [0.3, 0.4) is 0 Å². The molecule has 0 aliphatic carbocycles. The van der Waals surface area contributed by atoms with E-state index in [1.165, 1.54) is 0 Å². The molecule has 0 fully saturated rings. The van der Waals surface area contributed by atoms with Crippen LogP contribution >= 0.6 is 27.5 Å². The minimum Gasteiger partial charge on any atom is -0.497 e. The van der Waals surface area contributed by atoms with Crippen LogP contribution in [0, 0.1) is 0 Å². The Balaban J connectivity index is 2.31. The number of ether oxygens (including phenoxy) is 2. The van der Waals surface area contributed by atoms with E-state index in [9.17, 15) is 0 Å². The van der Waals surface area contributed by atoms with Crippen LogP contribution in [-0.2, 0) is 0 Å². The third-order valence-corrected chi connectivity index (χ3v) is 3.19. The summed E-state index contributed by atoms with van der Waals surface area (Å²) in [6.45, 7) is 0. The Morgan fingerprint density at radius 2 is 1.89 bits per heavy atom. The normalized spacial score (nSPS) is 10.2. The average Bonchev–Trinajstić information content (AvgIpc) is 2.36. The summed E-state index contributed by atoms with van der Waals surface area (Å²) in [5, 5.41) is 0.573. The summed E-state index contributed by atoms with van der Waals surface area (Å²) in [4.78, 5) is 0. The first kappa shape index (κ1) is 13.1. The molecule has 3 nitrogen and oxygen atoms in total. The van der Waals surface area contributed by atoms with Gasteiger partial charge in [0.05, 0.1) is 17.3 Å². The van der Waals surface area contributed by atoms with Gasteiger partial charge in [-0.3, -0.25) is 0 Å². The van der Waals surface area contributed by atoms with Crippen molar-refractivity contribution < 1.29 is 9.47 Å². The van der Waals surface area contributed by atoms with Crippen LogP contribution in [-0.4, -0.2) is 7.11 Å². The van der Waals surface area contributed by atoms with Crippen molar-refractivity contribution in [1.29, 1.82) is 0 Å². The molecular formula is C13H11BrClNO2. The van der Waals surface area contributed by atoms with Crippen LogP contribution < -0.4 is 15.2 Å². The van der Waals surface area contributed by atoms with Gasteiger partial charge in [0, 0.05) is 11.1 Å². The molecule has 0 unspecified atom stereocenters. The van der Waals surface area contributed by atoms with Crippen molar-refractivity contribution in [2.75, 3.05) is 12.8 Å². The summed E-state index contributed by atoms with van der Waals surface area (Å²) in [5.41, 5.74) is 6.35. The lowest BCUT2D eigenvalue weighted by molar-refractivity contribution is 0.412. The Morgan fingerprint density at radius 1 is 1.11 bits per heavy atom. The van der Waals surface area contributed by atoms with Gasteiger partial charge in [0.15, 0.2) is 5.75 Å². The van der Waals surface area contributed by atoms with E-state index >= 15 is 0 Å². The lowest BCUT2D eigenvalue weighted by Crippen LogP contribution is -1.93. The fraction of sp³-hybridized carbons (Fsp3) is 0.0769. The van der Waals surface area contributed by atoms with E-state index < -0.39 is 0 Å². The summed E-state index contributed by atoms with van der Waals surface area (Å²) >= 11 is 9.31. The van der Waals surface area contributed by atoms with Crippen molar-refractivity contribution >= 4 is 33.2 Å². The highest BCUT2D eigenvalue weighted by molar-refractivity contribution is 9.10. The summed E-state index contributed by atoms with van der Waals surface area (Å²) in [6, 6.07) is 10.5. The third-order valence-electron chi connectivity index (χ3n) is 2.33. The summed E-state index contributed by atoms with van der Waals surface area (Å²) < 4.78 is 11.6. The van der Waals surface area contributed by atoms with E-state index in [4.69, 9.17) is 26.8 Å². The van der Waals surface area contributed by atoms with Gasteiger partial charge < -0.3 is 15.2 Å². The van der Waals surface area contributed by atoms with Gasteiger partial charge in [-0.05, 0) is 46.3 Å². The molecule has 94 valence electrons. The molecule has 0 saturated carbocycles. The molecule has 0 atom stereocenters. The van der Waals surface area contributed by atoms with Crippen LogP contribution in [0.4, 0.5) is 5.69 Å². The van der Waals surface area contributed by atoms with Gasteiger partial charge >= 0.3 is 0 Å². The van der Waals surface area contributed by atoms with Crippen LogP contribution in [0.15, 0.2) is 40.9 Å². The second-order valence-electron chi connectivity index (χ2n) is 3.58. The van der Waals surface area contributed by atoms with E-state index in [2.05, 4.69) is 15.9 Å². The zero-order valence-corrected chi connectivity index (χ0v) is 12.0. The topological polar surface area (TPSA) is 44.5 Å². The van der Waals surface area contributed by atoms with Crippen molar-refractivity contribution in [3.05, 3.63) is 45.9 Å². The quantitative estimate of drug-likeness (QED) is 0.845. The number of hydrogen-bond acceptors (Lipinski definition) is 3. The minimum absolute atomic E-state index is 0.522. The van der Waals surface area contributed by atoms with E-state index in [-0.39, 0.29) is 0 Å². The molecular weight excluding hydrogens is 318 g/mol. The van der Waals surface area contributed by atoms with Crippen LogP contribution in [0.5, 0.6) is 17.2 Å². The maximum atomic E-state index is 5.90. The second-order valence-corrected chi connectivity index (χ2v) is 4.87. The molecule has 0 spiro atoms. The Morgan fingerprint density at radius 3 is 2.56 bits per heavy atom. The second kappa shape index (κ2) is 5.50. The molecule has 0 saturated heterocycles. The summed E-state index contributed by atoms with van der Waals surface area (Å²) in [5.74, 6) is 1.91. The van der Waals surface area contributed by atoms with Gasteiger partial charge in [-0.15, -0.1) is 0 Å². The van der Waals surface area contributed by atoms with Crippen molar-refractivity contribution in [2.24, 2.45) is 0 Å². The van der Waals surface area contributed by atoms with Crippen molar-refractivity contribution in [1.82, 2.24) is 0 Å². The van der Waals surface area contributed by atoms with Crippen LogP contribution in [0.2, 0.25) is 5.02 Å². The highest BCUT2D eigenvalue weighted by atomic mass is 79.9. The smallest absolute Gasteiger partial charge is 0.151 e. The van der Waals surface area contributed by atoms with Crippen molar-refractivity contribution in [3.8, 4) is 17.2 Å². The first-order chi connectivity index (χ1) is 8.60. The molecule has 5 heteroatoms. The summed E-state index contributed by atoms with van der Waals surface area (Å²) in [6.07, 6.45) is 0. The van der Waals surface area contributed by atoms with E-state index in [1.807, 2.05) is 6.07 Å². The third kappa shape index (κ3) is 2.89. The standard InChI is InChI=1S/C13H11BrClNO2/c1-17-9-3-5-12(10(14)7-9)18-13-6-8(15)2-4-11(13)16/h2-7H,16H2,1H3. The highest BCUT2D eigenvalue weighted by Crippen LogP contribution is 2.35. The predicted octanol–water partition coefficient (Wildman–Crippen LogP) is 4.49. The van der Waals surface area contributed by atoms with Gasteiger partial charge in [0.25, 0.3) is 0 Å². The molecule has 18 heavy (non-hydrogen) atoms. The van der Waals surface area contributed by atoms with Crippen molar-refractivity contribution in [3.63, 3.8) is 0 Å². The zero-order chi connectivity index (χ0) is 13.1. The molecule has 2 N–H and O–H groups in total. The van der Waals surface area contributed by atoms with Gasteiger partial charge in [-0.1, -0.05) is 11.6 Å². The van der Waals surface area contributed by atoms with Gasteiger partial charge in [-0.25, -0.2) is 0 Å². The number of methoxy groups -OCH3 is 1. The number of rotatable bonds is 3. The molecule has 2 aromatic rings. The maximum absolute atomic E-state index is 5.90. The van der Waals surface area contributed by atoms with Gasteiger partial charge in [-0.2, -0.15) is 0 Å². The predicted molar refractivity (Wildman–Crippen MR) is 76.6 cm³/mol. The molecule has 0 heterocycles. The molecule has 0 aliphatic heterocycles. The molecule has 2 aromatic carbocycles. The zero-order valence-electron chi connectivity index (χ0n) is 9.61. The number of nitrogen functional groups attached to an aromatic ring is 1. The van der Waals surface area contributed by atoms with Gasteiger partial charge in [0.2, 0.25) is 0 Å². The monoisotopic (exact) mass is 327 g/mol. The number of benzene rings is 2. The van der Waals surface area contributed by atoms with E-state index in [0.717, 1.165) is 10.2 Å². The molecule has 0 bridgehead atoms. The first-order valence-corrected chi connectivity index (χ1v) is 6.33. The maximum Gasteiger partial charge on any atom is 0.151 e. The molecule has 0 radical (unpaired) electrons. The SMILES string of the molecule is COc1ccc(Oc2cc(Cl)ccc2N)c(Br)c1. The minimum atomic E-state index is 0.522. The Kier molecular flexibility index (Phi) is 3.99. The lowest BCUT2D eigenvalue weighted by atomic mass is 10.3. The van der Waals surface area contributed by atoms with E-state index in [1.54, 1.807) is 37.4 Å². The fourth-order valence-corrected chi connectivity index (χ4v) is 2.01. The van der Waals surface area contributed by atoms with Gasteiger partial charge in [0.1, 0.15) is 11.5 Å². The molecule has 0 aromatic heterocycles. The van der Waals surface area contributed by atoms with Crippen LogP contribution in [0.1, 0.15) is 0 Å². The number of halogens is 2. The Bertz CT molecular complexity index is 575. The number of anilines is 1. The average molecular weight is 329 g/mol. The molecule has 0 amide bonds. The molecule has 0 aliphatic rings. The molecule has 2 rings (SSSR count). The highest BCUT2D eigenvalue weighted by Gasteiger charge is 2.07. The van der Waals surface area contributed by atoms with Crippen molar-refractivity contribution in [2.45, 2.75) is 0 Å². The first-order valence-electron chi connectivity index (χ1n) is 5.16. The largest absolute Gasteiger partial charge is 0.497 e. The fourth-order valence-electron chi connectivity index (χ4n) is 1.41. The van der Waals surface area contributed by atoms with E-state index in [0.29, 0.717) is 22.2 Å². The Labute approximate surface area is 119 Å². The lowest BCUT2D eigenvalue weighted by Gasteiger charge is -2.11. The number of nitrogens with two attached hydrogens (primary N) is 1.